The van der Waals surface area contributed by atoms with Gasteiger partial charge in [0.1, 0.15) is 0 Å². The Kier molecular flexibility index (Phi) is 11.2. The molecule has 2 aromatic rings. The highest BCUT2D eigenvalue weighted by molar-refractivity contribution is 6.75. The molecule has 0 bridgehead atoms. The fourth-order valence-corrected chi connectivity index (χ4v) is 9.68. The first kappa shape index (κ1) is 25.5. The molecule has 9 heteroatoms. The van der Waals surface area contributed by atoms with Gasteiger partial charge in [-0.1, -0.05) is 36.4 Å². The third kappa shape index (κ3) is 8.38. The molecular weight excluding hydrogens is 428 g/mol. The highest BCUT2D eigenvalue weighted by atomic mass is 28.5. The maximum Gasteiger partial charge on any atom is 0.493 e. The lowest BCUT2D eigenvalue weighted by molar-refractivity contribution is 0.0862. The summed E-state index contributed by atoms with van der Waals surface area (Å²) >= 11 is 0. The van der Waals surface area contributed by atoms with Crippen molar-refractivity contribution in [3.63, 3.8) is 0 Å². The first-order valence-electron chi connectivity index (χ1n) is 10.6. The van der Waals surface area contributed by atoms with Crippen LogP contribution in [0.4, 0.5) is 11.4 Å². The van der Waals surface area contributed by atoms with Crippen LogP contribution in [0.1, 0.15) is 12.8 Å². The van der Waals surface area contributed by atoms with E-state index in [1.807, 2.05) is 60.7 Å². The van der Waals surface area contributed by atoms with Crippen molar-refractivity contribution in [2.24, 2.45) is 0 Å². The molecule has 0 aliphatic heterocycles. The Balaban J connectivity index is 1.88. The van der Waals surface area contributed by atoms with E-state index in [1.165, 1.54) is 0 Å². The van der Waals surface area contributed by atoms with Crippen molar-refractivity contribution < 1.29 is 21.8 Å². The van der Waals surface area contributed by atoms with Crippen molar-refractivity contribution >= 4 is 29.0 Å². The lowest BCUT2D eigenvalue weighted by Gasteiger charge is -2.35. The molecule has 0 saturated carbocycles. The molecule has 2 rings (SSSR count). The summed E-state index contributed by atoms with van der Waals surface area (Å²) in [5.74, 6) is 0. The number of benzene rings is 2. The first-order valence-corrected chi connectivity index (χ1v) is 14.5. The number of rotatable bonds is 16. The summed E-state index contributed by atoms with van der Waals surface area (Å²) in [6, 6.07) is 21.6. The van der Waals surface area contributed by atoms with Crippen LogP contribution in [0.15, 0.2) is 60.7 Å². The van der Waals surface area contributed by atoms with Crippen molar-refractivity contribution in [1.29, 1.82) is 0 Å². The molecule has 0 aliphatic carbocycles. The predicted molar refractivity (Wildman–Crippen MR) is 129 cm³/mol. The van der Waals surface area contributed by atoms with Gasteiger partial charge in [-0.3, -0.25) is 0 Å². The Bertz CT molecular complexity index is 655. The summed E-state index contributed by atoms with van der Waals surface area (Å²) < 4.78 is 29.7. The van der Waals surface area contributed by atoms with Crippen molar-refractivity contribution in [2.75, 3.05) is 52.2 Å². The monoisotopic (exact) mass is 464 g/mol. The van der Waals surface area contributed by atoms with Crippen molar-refractivity contribution in [2.45, 2.75) is 24.9 Å². The molecule has 2 aromatic carbocycles. The van der Waals surface area contributed by atoms with Crippen LogP contribution < -0.4 is 10.6 Å². The fraction of sp³-hybridized carbons (Fsp3) is 0.455. The summed E-state index contributed by atoms with van der Waals surface area (Å²) in [5.41, 5.74) is 2.18. The van der Waals surface area contributed by atoms with E-state index < -0.39 is 17.6 Å². The van der Waals surface area contributed by atoms with Crippen molar-refractivity contribution in [3.05, 3.63) is 60.7 Å². The van der Waals surface area contributed by atoms with Crippen LogP contribution in [0.5, 0.6) is 0 Å². The molecular formula is C22H36N2O5Si2. The Labute approximate surface area is 188 Å². The smallest absolute Gasteiger partial charge is 0.385 e. The highest BCUT2D eigenvalue weighted by Crippen LogP contribution is 2.26. The lowest BCUT2D eigenvalue weighted by Crippen LogP contribution is -2.57. The molecule has 0 fully saturated rings. The van der Waals surface area contributed by atoms with Gasteiger partial charge in [-0.25, -0.2) is 0 Å². The molecule has 0 saturated heterocycles. The van der Waals surface area contributed by atoms with E-state index in [9.17, 15) is 0 Å². The minimum absolute atomic E-state index is 0.670. The van der Waals surface area contributed by atoms with Gasteiger partial charge in [-0.15, -0.1) is 0 Å². The molecule has 0 spiro atoms. The van der Waals surface area contributed by atoms with Crippen molar-refractivity contribution in [1.82, 2.24) is 0 Å². The maximum atomic E-state index is 6.46. The Hall–Kier alpha value is -1.73. The van der Waals surface area contributed by atoms with E-state index in [1.54, 1.807) is 28.4 Å². The zero-order valence-electron chi connectivity index (χ0n) is 19.1. The van der Waals surface area contributed by atoms with Crippen LogP contribution in [0.2, 0.25) is 12.1 Å². The van der Waals surface area contributed by atoms with Crippen LogP contribution in [0.25, 0.3) is 0 Å². The fourth-order valence-electron chi connectivity index (χ4n) is 3.27. The molecule has 31 heavy (non-hydrogen) atoms. The van der Waals surface area contributed by atoms with Gasteiger partial charge in [0.05, 0.1) is 0 Å². The quantitative estimate of drug-likeness (QED) is 0.280. The molecule has 0 amide bonds. The average Bonchev–Trinajstić information content (AvgIpc) is 2.84. The number of nitrogens with one attached hydrogen (secondary N) is 2. The normalized spacial score (nSPS) is 12.0. The molecule has 7 nitrogen and oxygen atoms in total. The molecule has 2 N–H and O–H groups in total. The van der Waals surface area contributed by atoms with E-state index in [4.69, 9.17) is 21.8 Å². The predicted octanol–water partition coefficient (Wildman–Crippen LogP) is 4.47. The van der Waals surface area contributed by atoms with Gasteiger partial charge in [0.2, 0.25) is 0 Å². The molecule has 0 heterocycles. The van der Waals surface area contributed by atoms with E-state index >= 15 is 0 Å². The van der Waals surface area contributed by atoms with Gasteiger partial charge in [0.15, 0.2) is 0 Å². The summed E-state index contributed by atoms with van der Waals surface area (Å²) in [6.07, 6.45) is 1.69. The Morgan fingerprint density at radius 3 is 1.26 bits per heavy atom. The van der Waals surface area contributed by atoms with E-state index in [0.717, 1.165) is 37.3 Å². The highest BCUT2D eigenvalue weighted by Gasteiger charge is 2.51. The van der Waals surface area contributed by atoms with Crippen molar-refractivity contribution in [3.8, 4) is 0 Å². The van der Waals surface area contributed by atoms with E-state index in [-0.39, 0.29) is 0 Å². The molecule has 0 unspecified atom stereocenters. The minimum Gasteiger partial charge on any atom is -0.385 e. The lowest BCUT2D eigenvalue weighted by atomic mass is 10.3. The van der Waals surface area contributed by atoms with Gasteiger partial charge >= 0.3 is 17.6 Å². The minimum atomic E-state index is -2.93. The third-order valence-corrected chi connectivity index (χ3v) is 12.0. The number of hydrogen-bond donors (Lipinski definition) is 2. The van der Waals surface area contributed by atoms with Crippen LogP contribution in [0.3, 0.4) is 0 Å². The van der Waals surface area contributed by atoms with Crippen LogP contribution in [0, 0.1) is 0 Å². The second-order valence-electron chi connectivity index (χ2n) is 7.08. The molecule has 0 atom stereocenters. The van der Waals surface area contributed by atoms with Gasteiger partial charge < -0.3 is 32.5 Å². The largest absolute Gasteiger partial charge is 0.493 e. The molecule has 0 aromatic heterocycles. The third-order valence-electron chi connectivity index (χ3n) is 5.08. The van der Waals surface area contributed by atoms with Crippen LogP contribution >= 0.6 is 0 Å². The van der Waals surface area contributed by atoms with Crippen LogP contribution in [-0.4, -0.2) is 59.1 Å². The number of anilines is 2. The molecule has 0 aliphatic rings. The Morgan fingerprint density at radius 1 is 0.581 bits per heavy atom. The Morgan fingerprint density at radius 2 is 0.935 bits per heavy atom. The average molecular weight is 465 g/mol. The number of para-hydroxylation sites is 2. The van der Waals surface area contributed by atoms with E-state index in [2.05, 4.69) is 10.6 Å². The van der Waals surface area contributed by atoms with Gasteiger partial charge in [-0.2, -0.15) is 0 Å². The maximum absolute atomic E-state index is 6.46. The van der Waals surface area contributed by atoms with Gasteiger partial charge in [0.25, 0.3) is 0 Å². The zero-order valence-corrected chi connectivity index (χ0v) is 21.1. The summed E-state index contributed by atoms with van der Waals surface area (Å²) in [6.45, 7) is 1.59. The summed E-state index contributed by atoms with van der Waals surface area (Å²) in [4.78, 5) is 0. The molecule has 0 radical (unpaired) electrons. The zero-order chi connectivity index (χ0) is 22.4. The summed E-state index contributed by atoms with van der Waals surface area (Å²) in [7, 11) is 0.699. The van der Waals surface area contributed by atoms with Gasteiger partial charge in [-0.05, 0) is 37.1 Å². The summed E-state index contributed by atoms with van der Waals surface area (Å²) in [5, 5.41) is 6.82. The molecule has 172 valence electrons. The van der Waals surface area contributed by atoms with E-state index in [0.29, 0.717) is 12.1 Å². The standard InChI is InChI=1S/C22H36N2O5Si2/c1-25-30(26-2,19-11-17-23-21-13-7-5-8-14-21)29-31(27-3,28-4)20-12-18-24-22-15-9-6-10-16-22/h5-10,13-16,23-24H,11-12,17-20H2,1-4H3. The van der Waals surface area contributed by atoms with Gasteiger partial charge in [0, 0.05) is 65.0 Å². The second-order valence-corrected chi connectivity index (χ2v) is 13.3. The van der Waals surface area contributed by atoms with Crippen LogP contribution in [-0.2, 0) is 21.8 Å². The number of hydrogen-bond acceptors (Lipinski definition) is 7. The second kappa shape index (κ2) is 13.6. The topological polar surface area (TPSA) is 70.2 Å². The SMILES string of the molecule is CO[Si](CCCNc1ccccc1)(OC)O[Si](CCCNc1ccccc1)(OC)OC. The first-order chi connectivity index (χ1) is 15.1.